The predicted molar refractivity (Wildman–Crippen MR) is 33.8 cm³/mol. The summed E-state index contributed by atoms with van der Waals surface area (Å²) in [4.78, 5) is 0. The van der Waals surface area contributed by atoms with Gasteiger partial charge >= 0.3 is 0 Å². The van der Waals surface area contributed by atoms with Gasteiger partial charge in [-0.3, -0.25) is 0 Å². The van der Waals surface area contributed by atoms with E-state index in [1.54, 1.807) is 0 Å². The third kappa shape index (κ3) is 3.59. The summed E-state index contributed by atoms with van der Waals surface area (Å²) in [5.74, 6) is 0. The average molecular weight is 115 g/mol. The van der Waals surface area contributed by atoms with Gasteiger partial charge in [0.25, 0.3) is 0 Å². The first-order chi connectivity index (χ1) is 3.31. The summed E-state index contributed by atoms with van der Waals surface area (Å²) < 4.78 is 3.52. The summed E-state index contributed by atoms with van der Waals surface area (Å²) in [6, 6.07) is 0. The molecule has 0 fully saturated rings. The monoisotopic (exact) mass is 115 g/mol. The molecule has 0 saturated carbocycles. The second kappa shape index (κ2) is 3.93. The number of rotatable bonds is 2. The van der Waals surface area contributed by atoms with Crippen molar-refractivity contribution in [1.82, 2.24) is 0 Å². The Balaban J connectivity index is 3.49. The van der Waals surface area contributed by atoms with Gasteiger partial charge in [-0.1, -0.05) is 13.0 Å². The van der Waals surface area contributed by atoms with Crippen LogP contribution in [0.4, 0.5) is 0 Å². The van der Waals surface area contributed by atoms with Crippen molar-refractivity contribution in [1.29, 1.82) is 0 Å². The van der Waals surface area contributed by atoms with Gasteiger partial charge in [-0.2, -0.15) is 4.36 Å². The van der Waals surface area contributed by atoms with E-state index in [0.29, 0.717) is 0 Å². The lowest BCUT2D eigenvalue weighted by atomic mass is 10.4. The van der Waals surface area contributed by atoms with Crippen LogP contribution in [0.5, 0.6) is 0 Å². The maximum absolute atomic E-state index is 4.40. The molecule has 0 rings (SSSR count). The Morgan fingerprint density at radius 3 is 2.57 bits per heavy atom. The zero-order valence-corrected chi connectivity index (χ0v) is 5.46. The van der Waals surface area contributed by atoms with E-state index in [4.69, 9.17) is 0 Å². The van der Waals surface area contributed by atoms with E-state index in [9.17, 15) is 0 Å². The fourth-order valence-corrected chi connectivity index (χ4v) is 0.407. The lowest BCUT2D eigenvalue weighted by Crippen LogP contribution is -1.62. The first kappa shape index (κ1) is 6.76. The van der Waals surface area contributed by atoms with Gasteiger partial charge in [0.05, 0.1) is 0 Å². The fraction of sp³-hybridized carbons (Fsp3) is 0.600. The Labute approximate surface area is 49.6 Å². The van der Waals surface area contributed by atoms with Crippen LogP contribution in [-0.4, -0.2) is 0 Å². The summed E-state index contributed by atoms with van der Waals surface area (Å²) in [7, 11) is 0. The van der Waals surface area contributed by atoms with Gasteiger partial charge in [0.2, 0.25) is 0 Å². The van der Waals surface area contributed by atoms with Crippen molar-refractivity contribution in [2.45, 2.75) is 20.3 Å². The maximum atomic E-state index is 4.40. The molecule has 40 valence electrons. The molecule has 0 aliphatic carbocycles. The molecule has 0 radical (unpaired) electrons. The van der Waals surface area contributed by atoms with Gasteiger partial charge in [0.1, 0.15) is 0 Å². The fourth-order valence-electron chi connectivity index (χ4n) is 0.333. The standard InChI is InChI=1S/C5H9NS/c1-3-4-5(2)6-7/h4H,3H2,1-2H3/b5-4+. The van der Waals surface area contributed by atoms with E-state index in [-0.39, 0.29) is 0 Å². The minimum atomic E-state index is 0.942. The van der Waals surface area contributed by atoms with Crippen LogP contribution >= 0.6 is 0 Å². The quantitative estimate of drug-likeness (QED) is 0.536. The smallest absolute Gasteiger partial charge is 0.0472 e. The highest BCUT2D eigenvalue weighted by Gasteiger charge is 1.74. The Morgan fingerprint density at radius 2 is 2.43 bits per heavy atom. The Kier molecular flexibility index (Phi) is 3.80. The molecule has 0 aliphatic heterocycles. The molecule has 0 heterocycles. The molecule has 0 aromatic rings. The van der Waals surface area contributed by atoms with E-state index in [0.717, 1.165) is 12.1 Å². The molecule has 1 nitrogen and oxygen atoms in total. The summed E-state index contributed by atoms with van der Waals surface area (Å²) >= 11 is 4.40. The molecule has 0 N–H and O–H groups in total. The van der Waals surface area contributed by atoms with Crippen LogP contribution in [0, 0.1) is 0 Å². The van der Waals surface area contributed by atoms with E-state index in [2.05, 4.69) is 23.7 Å². The predicted octanol–water partition coefficient (Wildman–Crippen LogP) is 2.03. The summed E-state index contributed by atoms with van der Waals surface area (Å²) in [5.41, 5.74) is 0.942. The highest BCUT2D eigenvalue weighted by atomic mass is 32.1. The molecule has 0 unspecified atom stereocenters. The molecule has 0 aliphatic rings. The lowest BCUT2D eigenvalue weighted by Gasteiger charge is -1.80. The molecule has 0 atom stereocenters. The molecule has 0 spiro atoms. The molecular weight excluding hydrogens is 106 g/mol. The van der Waals surface area contributed by atoms with Crippen LogP contribution in [0.15, 0.2) is 16.1 Å². The van der Waals surface area contributed by atoms with Crippen molar-refractivity contribution in [2.24, 2.45) is 4.36 Å². The minimum Gasteiger partial charge on any atom is -0.187 e. The van der Waals surface area contributed by atoms with Gasteiger partial charge in [-0.25, -0.2) is 0 Å². The molecule has 0 saturated heterocycles. The summed E-state index contributed by atoms with van der Waals surface area (Å²) in [6.45, 7) is 3.96. The second-order valence-electron chi connectivity index (χ2n) is 1.35. The van der Waals surface area contributed by atoms with Crippen LogP contribution in [0.1, 0.15) is 20.3 Å². The van der Waals surface area contributed by atoms with E-state index in [1.807, 2.05) is 13.0 Å². The zero-order chi connectivity index (χ0) is 5.70. The van der Waals surface area contributed by atoms with Crippen LogP contribution in [0.2, 0.25) is 0 Å². The topological polar surface area (TPSA) is 12.4 Å². The molecule has 2 heteroatoms. The van der Waals surface area contributed by atoms with Crippen LogP contribution in [-0.2, 0) is 12.4 Å². The third-order valence-electron chi connectivity index (χ3n) is 0.644. The van der Waals surface area contributed by atoms with Gasteiger partial charge in [0.15, 0.2) is 0 Å². The average Bonchev–Trinajstić information content (AvgIpc) is 1.68. The maximum Gasteiger partial charge on any atom is 0.0472 e. The Bertz CT molecular complexity index is 86.1. The largest absolute Gasteiger partial charge is 0.187 e. The lowest BCUT2D eigenvalue weighted by molar-refractivity contribution is 1.16. The van der Waals surface area contributed by atoms with E-state index >= 15 is 0 Å². The number of allylic oxidation sites excluding steroid dienone is 2. The minimum absolute atomic E-state index is 0.942. The number of nitrogens with zero attached hydrogens (tertiary/aromatic N) is 1. The van der Waals surface area contributed by atoms with Crippen molar-refractivity contribution >= 4 is 12.4 Å². The normalized spacial score (nSPS) is 11.4. The molecular formula is C5H9NS. The van der Waals surface area contributed by atoms with Gasteiger partial charge in [-0.15, -0.1) is 0 Å². The molecule has 0 aromatic carbocycles. The van der Waals surface area contributed by atoms with Gasteiger partial charge < -0.3 is 0 Å². The highest BCUT2D eigenvalue weighted by Crippen LogP contribution is 1.93. The van der Waals surface area contributed by atoms with Crippen molar-refractivity contribution in [3.8, 4) is 0 Å². The molecule has 0 bridgehead atoms. The summed E-state index contributed by atoms with van der Waals surface area (Å²) in [6.07, 6.45) is 3.01. The first-order valence-corrected chi connectivity index (χ1v) is 2.68. The SMILES string of the molecule is CC/C=C(\C)N=S. The Hall–Kier alpha value is -0.240. The van der Waals surface area contributed by atoms with Gasteiger partial charge in [-0.05, 0) is 13.3 Å². The number of hydrogen-bond donors (Lipinski definition) is 0. The molecule has 0 amide bonds. The van der Waals surface area contributed by atoms with Crippen molar-refractivity contribution in [2.75, 3.05) is 0 Å². The summed E-state index contributed by atoms with van der Waals surface area (Å²) in [5, 5.41) is 0. The van der Waals surface area contributed by atoms with Gasteiger partial charge in [0, 0.05) is 18.1 Å². The zero-order valence-electron chi connectivity index (χ0n) is 4.64. The molecule has 0 aromatic heterocycles. The number of hydrogen-bond acceptors (Lipinski definition) is 2. The van der Waals surface area contributed by atoms with Crippen molar-refractivity contribution in [3.05, 3.63) is 11.8 Å². The van der Waals surface area contributed by atoms with Crippen LogP contribution in [0.25, 0.3) is 0 Å². The van der Waals surface area contributed by atoms with E-state index < -0.39 is 0 Å². The van der Waals surface area contributed by atoms with Crippen molar-refractivity contribution < 1.29 is 0 Å². The molecule has 7 heavy (non-hydrogen) atoms. The second-order valence-corrected chi connectivity index (χ2v) is 1.53. The van der Waals surface area contributed by atoms with E-state index in [1.165, 1.54) is 0 Å². The third-order valence-corrected chi connectivity index (χ3v) is 0.932. The highest BCUT2D eigenvalue weighted by molar-refractivity contribution is 7.47. The Morgan fingerprint density at radius 1 is 1.86 bits per heavy atom. The first-order valence-electron chi connectivity index (χ1n) is 2.31. The van der Waals surface area contributed by atoms with Crippen LogP contribution in [0.3, 0.4) is 0 Å². The van der Waals surface area contributed by atoms with Crippen LogP contribution < -0.4 is 0 Å². The van der Waals surface area contributed by atoms with Crippen molar-refractivity contribution in [3.63, 3.8) is 0 Å².